The number of amides is 1. The van der Waals surface area contributed by atoms with Crippen LogP contribution in [0.5, 0.6) is 0 Å². The summed E-state index contributed by atoms with van der Waals surface area (Å²) < 4.78 is 0. The van der Waals surface area contributed by atoms with Crippen molar-refractivity contribution in [3.05, 3.63) is 22.4 Å². The van der Waals surface area contributed by atoms with E-state index in [0.717, 1.165) is 32.4 Å². The summed E-state index contributed by atoms with van der Waals surface area (Å²) in [6.45, 7) is 1.86. The normalized spacial score (nSPS) is 20.6. The number of hydrogen-bond donors (Lipinski definition) is 0. The van der Waals surface area contributed by atoms with Crippen LogP contribution in [0.25, 0.3) is 0 Å². The quantitative estimate of drug-likeness (QED) is 0.846. The molecule has 0 bridgehead atoms. The Morgan fingerprint density at radius 2 is 2.26 bits per heavy atom. The van der Waals surface area contributed by atoms with Gasteiger partial charge in [-0.05, 0) is 51.2 Å². The van der Waals surface area contributed by atoms with Crippen molar-refractivity contribution in [1.29, 1.82) is 0 Å². The predicted octanol–water partition coefficient (Wildman–Crippen LogP) is 2.62. The van der Waals surface area contributed by atoms with Gasteiger partial charge in [-0.15, -0.1) is 11.3 Å². The van der Waals surface area contributed by atoms with Crippen molar-refractivity contribution >= 4 is 17.2 Å². The van der Waals surface area contributed by atoms with Gasteiger partial charge in [0.05, 0.1) is 0 Å². The highest BCUT2D eigenvalue weighted by Gasteiger charge is 2.21. The number of carbonyl (C=O) groups excluding carboxylic acids is 1. The van der Waals surface area contributed by atoms with Crippen molar-refractivity contribution in [2.24, 2.45) is 0 Å². The first-order valence-electron chi connectivity index (χ1n) is 7.13. The molecule has 4 heteroatoms. The summed E-state index contributed by atoms with van der Waals surface area (Å²) in [5.74, 6) is 0.327. The summed E-state index contributed by atoms with van der Waals surface area (Å²) in [5, 5.41) is 2.08. The Labute approximate surface area is 120 Å². The van der Waals surface area contributed by atoms with Crippen LogP contribution in [0.15, 0.2) is 17.5 Å². The van der Waals surface area contributed by atoms with E-state index >= 15 is 0 Å². The molecule has 2 rings (SSSR count). The van der Waals surface area contributed by atoms with E-state index in [1.54, 1.807) is 11.3 Å². The average Bonchev–Trinajstić information content (AvgIpc) is 2.77. The molecule has 1 aromatic rings. The predicted molar refractivity (Wildman–Crippen MR) is 80.5 cm³/mol. The first-order valence-corrected chi connectivity index (χ1v) is 8.01. The summed E-state index contributed by atoms with van der Waals surface area (Å²) in [6, 6.07) is 4.80. The lowest BCUT2D eigenvalue weighted by molar-refractivity contribution is -0.131. The third kappa shape index (κ3) is 4.32. The van der Waals surface area contributed by atoms with E-state index in [9.17, 15) is 4.79 Å². The first kappa shape index (κ1) is 14.5. The Morgan fingerprint density at radius 3 is 2.95 bits per heavy atom. The summed E-state index contributed by atoms with van der Waals surface area (Å²) in [7, 11) is 4.28. The maximum atomic E-state index is 12.2. The van der Waals surface area contributed by atoms with Crippen molar-refractivity contribution in [3.8, 4) is 0 Å². The van der Waals surface area contributed by atoms with Gasteiger partial charge in [0.1, 0.15) is 0 Å². The van der Waals surface area contributed by atoms with E-state index in [4.69, 9.17) is 0 Å². The molecule has 1 aliphatic heterocycles. The van der Waals surface area contributed by atoms with E-state index in [-0.39, 0.29) is 0 Å². The number of carbonyl (C=O) groups is 1. The zero-order valence-corrected chi connectivity index (χ0v) is 12.8. The molecule has 1 aliphatic rings. The largest absolute Gasteiger partial charge is 0.343 e. The Bertz CT molecular complexity index is 389. The van der Waals surface area contributed by atoms with Crippen molar-refractivity contribution < 1.29 is 4.79 Å². The monoisotopic (exact) mass is 280 g/mol. The van der Waals surface area contributed by atoms with Crippen LogP contribution in [0.1, 0.15) is 30.6 Å². The molecule has 0 aromatic carbocycles. The van der Waals surface area contributed by atoms with Crippen molar-refractivity contribution in [2.45, 2.75) is 38.1 Å². The Kier molecular flexibility index (Phi) is 5.40. The molecule has 1 aromatic heterocycles. The van der Waals surface area contributed by atoms with Gasteiger partial charge in [-0.1, -0.05) is 6.07 Å². The highest BCUT2D eigenvalue weighted by Crippen LogP contribution is 2.17. The minimum atomic E-state index is 0.327. The van der Waals surface area contributed by atoms with E-state index in [2.05, 4.69) is 41.4 Å². The number of rotatable bonds is 4. The minimum Gasteiger partial charge on any atom is -0.343 e. The lowest BCUT2D eigenvalue weighted by atomic mass is 10.1. The van der Waals surface area contributed by atoms with Crippen LogP contribution in [-0.4, -0.2) is 48.9 Å². The summed E-state index contributed by atoms with van der Waals surface area (Å²) in [4.78, 5) is 17.9. The van der Waals surface area contributed by atoms with Gasteiger partial charge in [0.2, 0.25) is 5.91 Å². The third-order valence-electron chi connectivity index (χ3n) is 3.95. The molecule has 0 saturated carbocycles. The van der Waals surface area contributed by atoms with Crippen LogP contribution in [-0.2, 0) is 11.2 Å². The van der Waals surface area contributed by atoms with Gasteiger partial charge in [-0.25, -0.2) is 0 Å². The molecule has 106 valence electrons. The van der Waals surface area contributed by atoms with Gasteiger partial charge < -0.3 is 9.80 Å². The van der Waals surface area contributed by atoms with Crippen LogP contribution >= 0.6 is 11.3 Å². The fraction of sp³-hybridized carbons (Fsp3) is 0.667. The number of likely N-dealkylation sites (tertiary alicyclic amines) is 1. The van der Waals surface area contributed by atoms with E-state index in [0.29, 0.717) is 18.4 Å². The molecule has 19 heavy (non-hydrogen) atoms. The fourth-order valence-corrected chi connectivity index (χ4v) is 3.40. The molecule has 1 fully saturated rings. The van der Waals surface area contributed by atoms with Crippen molar-refractivity contribution in [1.82, 2.24) is 9.80 Å². The van der Waals surface area contributed by atoms with Gasteiger partial charge in [0.25, 0.3) is 0 Å². The smallest absolute Gasteiger partial charge is 0.222 e. The molecule has 0 unspecified atom stereocenters. The molecule has 3 nitrogen and oxygen atoms in total. The second-order valence-corrected chi connectivity index (χ2v) is 6.54. The van der Waals surface area contributed by atoms with Gasteiger partial charge >= 0.3 is 0 Å². The van der Waals surface area contributed by atoms with E-state index in [1.807, 2.05) is 0 Å². The first-order chi connectivity index (χ1) is 9.16. The van der Waals surface area contributed by atoms with E-state index < -0.39 is 0 Å². The molecular weight excluding hydrogens is 256 g/mol. The van der Waals surface area contributed by atoms with Gasteiger partial charge in [0, 0.05) is 30.4 Å². The van der Waals surface area contributed by atoms with Gasteiger partial charge in [-0.3, -0.25) is 4.79 Å². The molecule has 0 N–H and O–H groups in total. The average molecular weight is 280 g/mol. The number of nitrogens with zero attached hydrogens (tertiary/aromatic N) is 2. The van der Waals surface area contributed by atoms with Crippen LogP contribution in [0, 0.1) is 0 Å². The second kappa shape index (κ2) is 7.06. The molecular formula is C15H24N2OS. The minimum absolute atomic E-state index is 0.327. The second-order valence-electron chi connectivity index (χ2n) is 5.51. The zero-order chi connectivity index (χ0) is 13.7. The highest BCUT2D eigenvalue weighted by molar-refractivity contribution is 7.09. The van der Waals surface area contributed by atoms with Gasteiger partial charge in [-0.2, -0.15) is 0 Å². The standard InChI is InChI=1S/C15H24N2OS/c1-16(2)13-5-3-10-17(11-9-13)15(18)8-7-14-6-4-12-19-14/h4,6,12-13H,3,5,7-11H2,1-2H3/t13-/m1/s1. The molecule has 0 spiro atoms. The molecule has 2 heterocycles. The number of thiophene rings is 1. The Balaban J connectivity index is 1.79. The molecule has 1 saturated heterocycles. The van der Waals surface area contributed by atoms with Crippen LogP contribution in [0.2, 0.25) is 0 Å². The molecule has 0 aliphatic carbocycles. The van der Waals surface area contributed by atoms with Crippen molar-refractivity contribution in [2.75, 3.05) is 27.2 Å². The zero-order valence-electron chi connectivity index (χ0n) is 12.0. The maximum absolute atomic E-state index is 12.2. The van der Waals surface area contributed by atoms with Gasteiger partial charge in [0.15, 0.2) is 0 Å². The topological polar surface area (TPSA) is 23.6 Å². The lowest BCUT2D eigenvalue weighted by Crippen LogP contribution is -2.33. The highest BCUT2D eigenvalue weighted by atomic mass is 32.1. The number of aryl methyl sites for hydroxylation is 1. The van der Waals surface area contributed by atoms with E-state index in [1.165, 1.54) is 11.3 Å². The maximum Gasteiger partial charge on any atom is 0.222 e. The molecule has 1 amide bonds. The van der Waals surface area contributed by atoms with Crippen molar-refractivity contribution in [3.63, 3.8) is 0 Å². The Morgan fingerprint density at radius 1 is 1.42 bits per heavy atom. The third-order valence-corrected chi connectivity index (χ3v) is 4.88. The summed E-state index contributed by atoms with van der Waals surface area (Å²) in [5.41, 5.74) is 0. The SMILES string of the molecule is CN(C)[C@@H]1CCCN(C(=O)CCc2cccs2)CC1. The van der Waals surface area contributed by atoms with Crippen LogP contribution in [0.4, 0.5) is 0 Å². The summed E-state index contributed by atoms with van der Waals surface area (Å²) in [6.07, 6.45) is 5.00. The Hall–Kier alpha value is -0.870. The summed E-state index contributed by atoms with van der Waals surface area (Å²) >= 11 is 1.74. The molecule has 0 radical (unpaired) electrons. The lowest BCUT2D eigenvalue weighted by Gasteiger charge is -2.23. The van der Waals surface area contributed by atoms with Crippen LogP contribution in [0.3, 0.4) is 0 Å². The fourth-order valence-electron chi connectivity index (χ4n) is 2.69. The number of hydrogen-bond acceptors (Lipinski definition) is 3. The van der Waals surface area contributed by atoms with Crippen LogP contribution < -0.4 is 0 Å². The molecule has 1 atom stereocenters.